The fraction of sp³-hybridized carbons (Fsp3) is 0.304. The van der Waals surface area contributed by atoms with Crippen LogP contribution in [-0.4, -0.2) is 62.4 Å². The summed E-state index contributed by atoms with van der Waals surface area (Å²) in [6.07, 6.45) is 4.43. The number of ether oxygens (including phenoxy) is 3. The van der Waals surface area contributed by atoms with Gasteiger partial charge >= 0.3 is 6.16 Å². The first-order valence-electron chi connectivity index (χ1n) is 10.3. The zero-order valence-corrected chi connectivity index (χ0v) is 19.0. The molecule has 3 heterocycles. The van der Waals surface area contributed by atoms with Gasteiger partial charge in [-0.05, 0) is 42.8 Å². The molecule has 10 nitrogen and oxygen atoms in total. The Morgan fingerprint density at radius 1 is 1.18 bits per heavy atom. The van der Waals surface area contributed by atoms with E-state index in [1.165, 1.54) is 0 Å². The normalized spacial score (nSPS) is 17.2. The first-order valence-corrected chi connectivity index (χ1v) is 11.1. The van der Waals surface area contributed by atoms with Crippen LogP contribution < -0.4 is 15.5 Å². The molecule has 0 atom stereocenters. The average molecular weight is 484 g/mol. The molecule has 2 N–H and O–H groups in total. The minimum Gasteiger partial charge on any atom is -0.431 e. The van der Waals surface area contributed by atoms with Gasteiger partial charge in [0.05, 0.1) is 16.4 Å². The number of anilines is 2. The zero-order valence-electron chi connectivity index (χ0n) is 18.2. The highest BCUT2D eigenvalue weighted by Gasteiger charge is 2.46. The number of hydrogen-bond acceptors (Lipinski definition) is 8. The largest absolute Gasteiger partial charge is 0.508 e. The van der Waals surface area contributed by atoms with Crippen LogP contribution >= 0.6 is 11.3 Å². The van der Waals surface area contributed by atoms with Crippen LogP contribution in [0, 0.1) is 19.3 Å². The number of cyclic esters (lactones) is 2. The van der Waals surface area contributed by atoms with E-state index in [4.69, 9.17) is 20.6 Å². The molecule has 34 heavy (non-hydrogen) atoms. The monoisotopic (exact) mass is 483 g/mol. The number of hydrogen-bond donors (Lipinski definition) is 2. The summed E-state index contributed by atoms with van der Waals surface area (Å²) in [7, 11) is 0. The lowest BCUT2D eigenvalue weighted by atomic mass is 9.99. The molecule has 11 heteroatoms. The molecule has 0 saturated carbocycles. The Morgan fingerprint density at radius 2 is 1.94 bits per heavy atom. The smallest absolute Gasteiger partial charge is 0.431 e. The first-order chi connectivity index (χ1) is 16.3. The van der Waals surface area contributed by atoms with Crippen LogP contribution in [0.4, 0.5) is 16.2 Å². The minimum atomic E-state index is -1.65. The molecule has 176 valence electrons. The summed E-state index contributed by atoms with van der Waals surface area (Å²) in [5.74, 6) is 1.12. The van der Waals surface area contributed by atoms with E-state index < -0.39 is 36.7 Å². The Labute approximate surface area is 199 Å². The van der Waals surface area contributed by atoms with Crippen LogP contribution in [0.15, 0.2) is 30.3 Å². The summed E-state index contributed by atoms with van der Waals surface area (Å²) < 4.78 is 15.0. The van der Waals surface area contributed by atoms with Crippen molar-refractivity contribution in [1.82, 2.24) is 5.32 Å². The molecule has 3 amide bonds. The van der Waals surface area contributed by atoms with Gasteiger partial charge in [0.2, 0.25) is 0 Å². The van der Waals surface area contributed by atoms with E-state index in [1.807, 2.05) is 6.92 Å². The molecular weight excluding hydrogens is 462 g/mol. The number of carbonyl (C=O) groups excluding carboxylic acids is 4. The maximum atomic E-state index is 13.3. The van der Waals surface area contributed by atoms with Crippen LogP contribution in [0.3, 0.4) is 0 Å². The van der Waals surface area contributed by atoms with Crippen molar-refractivity contribution in [1.29, 1.82) is 0 Å². The molecule has 2 saturated heterocycles. The number of nitrogens with one attached hydrogen (secondary N) is 2. The highest BCUT2D eigenvalue weighted by molar-refractivity contribution is 7.14. The summed E-state index contributed by atoms with van der Waals surface area (Å²) >= 11 is 1.09. The van der Waals surface area contributed by atoms with Gasteiger partial charge in [-0.2, -0.15) is 0 Å². The van der Waals surface area contributed by atoms with Crippen molar-refractivity contribution >= 4 is 46.6 Å². The van der Waals surface area contributed by atoms with E-state index >= 15 is 0 Å². The second-order valence-corrected chi connectivity index (χ2v) is 8.81. The van der Waals surface area contributed by atoms with Crippen molar-refractivity contribution in [3.05, 3.63) is 45.6 Å². The van der Waals surface area contributed by atoms with Crippen LogP contribution in [-0.2, 0) is 23.8 Å². The molecule has 2 aliphatic rings. The second kappa shape index (κ2) is 9.54. The molecular formula is C23H21N3O7S. The summed E-state index contributed by atoms with van der Waals surface area (Å²) in [5, 5.41) is 5.37. The number of morpholine rings is 1. The maximum absolute atomic E-state index is 13.3. The molecule has 0 aliphatic carbocycles. The lowest BCUT2D eigenvalue weighted by Crippen LogP contribution is -2.65. The highest BCUT2D eigenvalue weighted by atomic mass is 32.1. The standard InChI is InChI=1S/C23H21N3O7S/c1-3-16-5-7-18(34-16)20(28)25-23(12-32-22(30)33-13-23)21(29)24-15-4-6-17(14(2)10-15)26-8-9-31-11-19(26)27/h1,4-7,10H,8-9,11-13H2,2H3,(H,24,29)(H,25,28). The predicted octanol–water partition coefficient (Wildman–Crippen LogP) is 1.68. The van der Waals surface area contributed by atoms with Gasteiger partial charge in [0.1, 0.15) is 19.8 Å². The van der Waals surface area contributed by atoms with Gasteiger partial charge in [-0.15, -0.1) is 17.8 Å². The molecule has 4 rings (SSSR count). The fourth-order valence-corrected chi connectivity index (χ4v) is 4.30. The van der Waals surface area contributed by atoms with Crippen molar-refractivity contribution in [3.8, 4) is 12.3 Å². The minimum absolute atomic E-state index is 0.0198. The molecule has 0 bridgehead atoms. The molecule has 2 aliphatic heterocycles. The van der Waals surface area contributed by atoms with Crippen LogP contribution in [0.1, 0.15) is 20.1 Å². The predicted molar refractivity (Wildman–Crippen MR) is 123 cm³/mol. The number of benzene rings is 1. The van der Waals surface area contributed by atoms with Gasteiger partial charge < -0.3 is 29.7 Å². The Bertz CT molecular complexity index is 1190. The lowest BCUT2D eigenvalue weighted by Gasteiger charge is -2.35. The SMILES string of the molecule is C#Cc1ccc(C(=O)NC2(C(=O)Nc3ccc(N4CCOCC4=O)c(C)c3)COC(=O)OC2)s1. The number of thiophene rings is 1. The van der Waals surface area contributed by atoms with E-state index in [9.17, 15) is 19.2 Å². The number of terminal acetylenes is 1. The molecule has 2 fully saturated rings. The molecule has 0 radical (unpaired) electrons. The molecule has 0 spiro atoms. The van der Waals surface area contributed by atoms with E-state index in [-0.39, 0.29) is 12.5 Å². The lowest BCUT2D eigenvalue weighted by molar-refractivity contribution is -0.130. The average Bonchev–Trinajstić information content (AvgIpc) is 3.31. The summed E-state index contributed by atoms with van der Waals surface area (Å²) in [5.41, 5.74) is 0.255. The quantitative estimate of drug-likeness (QED) is 0.490. The molecule has 1 aromatic heterocycles. The Balaban J connectivity index is 1.53. The van der Waals surface area contributed by atoms with Gasteiger partial charge in [0.15, 0.2) is 5.54 Å². The van der Waals surface area contributed by atoms with Crippen molar-refractivity contribution in [2.24, 2.45) is 0 Å². The number of carbonyl (C=O) groups is 4. The van der Waals surface area contributed by atoms with Gasteiger partial charge in [-0.25, -0.2) is 4.79 Å². The Morgan fingerprint density at radius 3 is 2.59 bits per heavy atom. The number of amides is 3. The van der Waals surface area contributed by atoms with Crippen molar-refractivity contribution in [3.63, 3.8) is 0 Å². The summed E-state index contributed by atoms with van der Waals surface area (Å²) in [4.78, 5) is 52.1. The third kappa shape index (κ3) is 4.73. The van der Waals surface area contributed by atoms with E-state index in [0.29, 0.717) is 34.3 Å². The topological polar surface area (TPSA) is 123 Å². The molecule has 0 unspecified atom stereocenters. The number of nitrogens with zero attached hydrogens (tertiary/aromatic N) is 1. The van der Waals surface area contributed by atoms with Crippen LogP contribution in [0.2, 0.25) is 0 Å². The Hall–Kier alpha value is -3.88. The third-order valence-electron chi connectivity index (χ3n) is 5.36. The van der Waals surface area contributed by atoms with E-state index in [0.717, 1.165) is 16.9 Å². The summed E-state index contributed by atoms with van der Waals surface area (Å²) in [6, 6.07) is 8.24. The van der Waals surface area contributed by atoms with E-state index in [1.54, 1.807) is 35.2 Å². The molecule has 1 aromatic carbocycles. The van der Waals surface area contributed by atoms with Crippen molar-refractivity contribution in [2.75, 3.05) is 43.2 Å². The van der Waals surface area contributed by atoms with Crippen molar-refractivity contribution < 1.29 is 33.4 Å². The first kappa shape index (κ1) is 23.3. The second-order valence-electron chi connectivity index (χ2n) is 7.73. The van der Waals surface area contributed by atoms with Gasteiger partial charge in [-0.3, -0.25) is 14.4 Å². The fourth-order valence-electron chi connectivity index (χ4n) is 3.58. The van der Waals surface area contributed by atoms with Crippen LogP contribution in [0.5, 0.6) is 0 Å². The van der Waals surface area contributed by atoms with E-state index in [2.05, 4.69) is 16.6 Å². The number of rotatable bonds is 5. The maximum Gasteiger partial charge on any atom is 0.508 e. The Kier molecular flexibility index (Phi) is 6.54. The number of aryl methyl sites for hydroxylation is 1. The van der Waals surface area contributed by atoms with Gasteiger partial charge in [-0.1, -0.05) is 5.92 Å². The van der Waals surface area contributed by atoms with Crippen molar-refractivity contribution in [2.45, 2.75) is 12.5 Å². The summed E-state index contributed by atoms with van der Waals surface area (Å²) in [6.45, 7) is 1.90. The third-order valence-corrected chi connectivity index (χ3v) is 6.38. The molecule has 2 aromatic rings. The van der Waals surface area contributed by atoms with Crippen LogP contribution in [0.25, 0.3) is 0 Å². The van der Waals surface area contributed by atoms with Gasteiger partial charge in [0, 0.05) is 17.9 Å². The van der Waals surface area contributed by atoms with Gasteiger partial charge in [0.25, 0.3) is 17.7 Å². The zero-order chi connectivity index (χ0) is 24.3. The highest BCUT2D eigenvalue weighted by Crippen LogP contribution is 2.26.